The van der Waals surface area contributed by atoms with Crippen LogP contribution in [-0.4, -0.2) is 24.9 Å². The van der Waals surface area contributed by atoms with Crippen molar-refractivity contribution >= 4 is 12.2 Å². The van der Waals surface area contributed by atoms with Crippen LogP contribution in [0.4, 0.5) is 9.59 Å². The predicted octanol–water partition coefficient (Wildman–Crippen LogP) is 5.01. The van der Waals surface area contributed by atoms with Gasteiger partial charge in [-0.05, 0) is 32.1 Å². The van der Waals surface area contributed by atoms with Crippen LogP contribution in [-0.2, 0) is 9.47 Å². The first-order valence-electron chi connectivity index (χ1n) is 8.01. The summed E-state index contributed by atoms with van der Waals surface area (Å²) in [6.45, 7) is 2.49. The zero-order valence-electron chi connectivity index (χ0n) is 12.9. The zero-order valence-corrected chi connectivity index (χ0v) is 12.9. The number of hydrogen-bond acceptors (Lipinski definition) is 4. The van der Waals surface area contributed by atoms with Crippen LogP contribution in [0.3, 0.4) is 0 Å². The first-order chi connectivity index (χ1) is 10.2. The van der Waals surface area contributed by atoms with Crippen LogP contribution in [0.1, 0.15) is 71.1 Å². The molecule has 1 aliphatic rings. The molecule has 2 amide bonds. The van der Waals surface area contributed by atoms with E-state index in [9.17, 15) is 9.59 Å². The molecule has 0 aromatic rings. The number of carbonyl (C=O) groups excluding carboxylic acids is 2. The molecule has 1 fully saturated rings. The maximum absolute atomic E-state index is 11.3. The SMILES string of the molecule is CCCCCCCCOC(=O)N=NC(=O)OC1CCCC1. The Balaban J connectivity index is 2.01. The lowest BCUT2D eigenvalue weighted by atomic mass is 10.1. The average molecular weight is 298 g/mol. The highest BCUT2D eigenvalue weighted by Crippen LogP contribution is 2.21. The molecular weight excluding hydrogens is 272 g/mol. The molecule has 0 radical (unpaired) electrons. The van der Waals surface area contributed by atoms with Gasteiger partial charge >= 0.3 is 12.2 Å². The van der Waals surface area contributed by atoms with Crippen molar-refractivity contribution in [3.8, 4) is 0 Å². The third-order valence-corrected chi connectivity index (χ3v) is 3.51. The fourth-order valence-corrected chi connectivity index (χ4v) is 2.32. The standard InChI is InChI=1S/C15H26N2O4/c1-2-3-4-5-6-9-12-20-14(18)16-17-15(19)21-13-10-7-8-11-13/h13H,2-12H2,1H3. The molecular formula is C15H26N2O4. The van der Waals surface area contributed by atoms with E-state index in [-0.39, 0.29) is 6.10 Å². The van der Waals surface area contributed by atoms with Crippen molar-refractivity contribution < 1.29 is 19.1 Å². The summed E-state index contributed by atoms with van der Waals surface area (Å²) in [7, 11) is 0. The normalized spacial score (nSPS) is 15.5. The highest BCUT2D eigenvalue weighted by molar-refractivity contribution is 5.73. The molecule has 120 valence electrons. The van der Waals surface area contributed by atoms with Crippen molar-refractivity contribution in [1.82, 2.24) is 0 Å². The van der Waals surface area contributed by atoms with Crippen LogP contribution in [0, 0.1) is 0 Å². The highest BCUT2D eigenvalue weighted by atomic mass is 16.6. The molecule has 1 rings (SSSR count). The number of carbonyl (C=O) groups is 2. The zero-order chi connectivity index (χ0) is 15.3. The van der Waals surface area contributed by atoms with E-state index in [1.807, 2.05) is 0 Å². The Morgan fingerprint density at radius 3 is 2.29 bits per heavy atom. The van der Waals surface area contributed by atoms with Crippen molar-refractivity contribution in [2.75, 3.05) is 6.61 Å². The number of nitrogens with zero attached hydrogens (tertiary/aromatic N) is 2. The summed E-state index contributed by atoms with van der Waals surface area (Å²) >= 11 is 0. The van der Waals surface area contributed by atoms with Gasteiger partial charge in [-0.1, -0.05) is 49.3 Å². The summed E-state index contributed by atoms with van der Waals surface area (Å²) in [6.07, 6.45) is 8.84. The van der Waals surface area contributed by atoms with E-state index in [0.29, 0.717) is 6.61 Å². The molecule has 6 heteroatoms. The molecule has 6 nitrogen and oxygen atoms in total. The van der Waals surface area contributed by atoms with Gasteiger partial charge in [0.2, 0.25) is 0 Å². The monoisotopic (exact) mass is 298 g/mol. The van der Waals surface area contributed by atoms with Crippen LogP contribution in [0.25, 0.3) is 0 Å². The second-order valence-corrected chi connectivity index (χ2v) is 5.37. The van der Waals surface area contributed by atoms with E-state index < -0.39 is 12.2 Å². The predicted molar refractivity (Wildman–Crippen MR) is 78.3 cm³/mol. The van der Waals surface area contributed by atoms with Gasteiger partial charge < -0.3 is 9.47 Å². The van der Waals surface area contributed by atoms with Gasteiger partial charge in [-0.3, -0.25) is 0 Å². The fourth-order valence-electron chi connectivity index (χ4n) is 2.32. The third kappa shape index (κ3) is 9.15. The number of unbranched alkanes of at least 4 members (excludes halogenated alkanes) is 5. The van der Waals surface area contributed by atoms with Crippen LogP contribution >= 0.6 is 0 Å². The van der Waals surface area contributed by atoms with Gasteiger partial charge in [0.25, 0.3) is 0 Å². The molecule has 0 aromatic heterocycles. The second kappa shape index (κ2) is 11.2. The van der Waals surface area contributed by atoms with Crippen molar-refractivity contribution in [1.29, 1.82) is 0 Å². The van der Waals surface area contributed by atoms with Crippen LogP contribution in [0.5, 0.6) is 0 Å². The summed E-state index contributed by atoms with van der Waals surface area (Å²) in [5.74, 6) is 0. The second-order valence-electron chi connectivity index (χ2n) is 5.37. The van der Waals surface area contributed by atoms with Gasteiger partial charge in [0, 0.05) is 0 Å². The van der Waals surface area contributed by atoms with Crippen molar-refractivity contribution in [3.63, 3.8) is 0 Å². The van der Waals surface area contributed by atoms with Gasteiger partial charge in [-0.2, -0.15) is 0 Å². The number of azo groups is 1. The third-order valence-electron chi connectivity index (χ3n) is 3.51. The summed E-state index contributed by atoms with van der Waals surface area (Å²) in [6, 6.07) is 0. The molecule has 0 aliphatic heterocycles. The van der Waals surface area contributed by atoms with E-state index in [4.69, 9.17) is 9.47 Å². The summed E-state index contributed by atoms with van der Waals surface area (Å²) in [5, 5.41) is 6.42. The van der Waals surface area contributed by atoms with Crippen LogP contribution in [0.15, 0.2) is 10.2 Å². The minimum Gasteiger partial charge on any atom is -0.447 e. The molecule has 0 spiro atoms. The molecule has 0 saturated heterocycles. The van der Waals surface area contributed by atoms with Gasteiger partial charge in [-0.25, -0.2) is 9.59 Å². The van der Waals surface area contributed by atoms with Crippen LogP contribution < -0.4 is 0 Å². The summed E-state index contributed by atoms with van der Waals surface area (Å²) < 4.78 is 9.90. The van der Waals surface area contributed by atoms with Gasteiger partial charge in [0.15, 0.2) is 0 Å². The van der Waals surface area contributed by atoms with Gasteiger partial charge in [-0.15, -0.1) is 0 Å². The Kier molecular flexibility index (Phi) is 9.40. The smallest absolute Gasteiger partial charge is 0.447 e. The molecule has 0 unspecified atom stereocenters. The molecule has 0 atom stereocenters. The lowest BCUT2D eigenvalue weighted by Gasteiger charge is -2.06. The number of rotatable bonds is 8. The fraction of sp³-hybridized carbons (Fsp3) is 0.867. The largest absolute Gasteiger partial charge is 0.452 e. The first-order valence-corrected chi connectivity index (χ1v) is 8.01. The number of hydrogen-bond donors (Lipinski definition) is 0. The number of ether oxygens (including phenoxy) is 2. The molecule has 0 heterocycles. The first kappa shape index (κ1) is 17.6. The highest BCUT2D eigenvalue weighted by Gasteiger charge is 2.19. The molecule has 0 aromatic carbocycles. The Morgan fingerprint density at radius 1 is 0.952 bits per heavy atom. The topological polar surface area (TPSA) is 77.3 Å². The maximum atomic E-state index is 11.3. The van der Waals surface area contributed by atoms with E-state index >= 15 is 0 Å². The van der Waals surface area contributed by atoms with Gasteiger partial charge in [0.1, 0.15) is 6.10 Å². The lowest BCUT2D eigenvalue weighted by molar-refractivity contribution is 0.107. The molecule has 1 aliphatic carbocycles. The molecule has 1 saturated carbocycles. The van der Waals surface area contributed by atoms with E-state index in [2.05, 4.69) is 17.2 Å². The molecule has 0 bridgehead atoms. The summed E-state index contributed by atoms with van der Waals surface area (Å²) in [5.41, 5.74) is 0. The van der Waals surface area contributed by atoms with Gasteiger partial charge in [0.05, 0.1) is 6.61 Å². The maximum Gasteiger partial charge on any atom is 0.452 e. The minimum atomic E-state index is -0.827. The Labute approximate surface area is 126 Å². The quantitative estimate of drug-likeness (QED) is 0.466. The van der Waals surface area contributed by atoms with Crippen molar-refractivity contribution in [3.05, 3.63) is 0 Å². The van der Waals surface area contributed by atoms with E-state index in [0.717, 1.165) is 44.9 Å². The average Bonchev–Trinajstić information content (AvgIpc) is 2.97. The van der Waals surface area contributed by atoms with Crippen LogP contribution in [0.2, 0.25) is 0 Å². The Bertz CT molecular complexity index is 339. The van der Waals surface area contributed by atoms with E-state index in [1.165, 1.54) is 19.3 Å². The molecule has 21 heavy (non-hydrogen) atoms. The molecule has 0 N–H and O–H groups in total. The Morgan fingerprint density at radius 2 is 1.57 bits per heavy atom. The Hall–Kier alpha value is -1.46. The van der Waals surface area contributed by atoms with Crippen molar-refractivity contribution in [2.45, 2.75) is 77.2 Å². The minimum absolute atomic E-state index is 0.0735. The van der Waals surface area contributed by atoms with Crippen molar-refractivity contribution in [2.24, 2.45) is 10.2 Å². The summed E-state index contributed by atoms with van der Waals surface area (Å²) in [4.78, 5) is 22.5. The number of amides is 2. The lowest BCUT2D eigenvalue weighted by Crippen LogP contribution is -2.11. The van der Waals surface area contributed by atoms with E-state index in [1.54, 1.807) is 0 Å².